The molecule has 206 valence electrons. The Labute approximate surface area is 221 Å². The predicted molar refractivity (Wildman–Crippen MR) is 131 cm³/mol. The first kappa shape index (κ1) is 29.1. The van der Waals surface area contributed by atoms with Crippen LogP contribution >= 0.6 is 0 Å². The topological polar surface area (TPSA) is 159 Å². The van der Waals surface area contributed by atoms with Gasteiger partial charge in [-0.3, -0.25) is 4.79 Å². The van der Waals surface area contributed by atoms with Gasteiger partial charge in [-0.2, -0.15) is 23.4 Å². The summed E-state index contributed by atoms with van der Waals surface area (Å²) in [6.45, 7) is 6.52. The summed E-state index contributed by atoms with van der Waals surface area (Å²) in [6, 6.07) is 11.0. The van der Waals surface area contributed by atoms with Gasteiger partial charge in [0, 0.05) is 17.2 Å². The number of carbonyl (C=O) groups is 2. The first-order valence-electron chi connectivity index (χ1n) is 11.7. The van der Waals surface area contributed by atoms with E-state index in [0.29, 0.717) is 35.1 Å². The van der Waals surface area contributed by atoms with Crippen LogP contribution in [0.5, 0.6) is 5.75 Å². The van der Waals surface area contributed by atoms with Gasteiger partial charge in [0.15, 0.2) is 0 Å². The number of nitriles is 1. The summed E-state index contributed by atoms with van der Waals surface area (Å²) in [6.07, 6.45) is -4.28. The van der Waals surface area contributed by atoms with Gasteiger partial charge in [-0.25, -0.2) is 4.79 Å². The molecule has 1 aromatic heterocycles. The SMILES string of the molecule is Cc1c(-c2noc(-c3ccc(OC(C)C)c(C#N)c3)n2)ccc2c1CCNC2CC(=O)O.O=C(O)C(F)(F)F. The lowest BCUT2D eigenvalue weighted by atomic mass is 9.87. The molecule has 4 rings (SSSR count). The van der Waals surface area contributed by atoms with Crippen LogP contribution in [0.25, 0.3) is 22.8 Å². The van der Waals surface area contributed by atoms with Gasteiger partial charge >= 0.3 is 18.1 Å². The van der Waals surface area contributed by atoms with Gasteiger partial charge in [0.1, 0.15) is 11.8 Å². The van der Waals surface area contributed by atoms with Crippen LogP contribution in [0.15, 0.2) is 34.9 Å². The number of aliphatic carboxylic acids is 2. The molecule has 0 amide bonds. The van der Waals surface area contributed by atoms with E-state index in [0.717, 1.165) is 28.7 Å². The molecule has 0 saturated heterocycles. The summed E-state index contributed by atoms with van der Waals surface area (Å²) in [5.74, 6) is -2.31. The van der Waals surface area contributed by atoms with Gasteiger partial charge < -0.3 is 24.8 Å². The maximum absolute atomic E-state index is 11.2. The zero-order valence-corrected chi connectivity index (χ0v) is 21.2. The van der Waals surface area contributed by atoms with Crippen molar-refractivity contribution in [3.05, 3.63) is 52.6 Å². The summed E-state index contributed by atoms with van der Waals surface area (Å²) in [5.41, 5.74) is 5.03. The maximum Gasteiger partial charge on any atom is 0.490 e. The highest BCUT2D eigenvalue weighted by Gasteiger charge is 2.38. The Morgan fingerprint density at radius 1 is 1.26 bits per heavy atom. The van der Waals surface area contributed by atoms with E-state index in [9.17, 15) is 28.3 Å². The number of benzene rings is 2. The molecule has 10 nitrogen and oxygen atoms in total. The molecule has 0 radical (unpaired) electrons. The van der Waals surface area contributed by atoms with E-state index in [1.165, 1.54) is 0 Å². The number of nitrogens with one attached hydrogen (secondary N) is 1. The monoisotopic (exact) mass is 546 g/mol. The second kappa shape index (κ2) is 12.0. The Bertz CT molecular complexity index is 1410. The molecule has 13 heteroatoms. The molecule has 0 aliphatic carbocycles. The standard InChI is InChI=1S/C24H24N4O4.C2HF3O2/c1-13(2)31-21-7-4-15(10-16(21)12-25)24-27-23(28-32-24)18-5-6-19-17(14(18)3)8-9-26-20(19)11-22(29)30;3-2(4,5)1(6)7/h4-7,10,13,20,26H,8-9,11H2,1-3H3,(H,29,30);(H,6,7). The summed E-state index contributed by atoms with van der Waals surface area (Å²) in [5, 5.41) is 33.2. The van der Waals surface area contributed by atoms with Crippen molar-refractivity contribution in [3.63, 3.8) is 0 Å². The first-order valence-corrected chi connectivity index (χ1v) is 11.7. The van der Waals surface area contributed by atoms with E-state index in [1.54, 1.807) is 18.2 Å². The van der Waals surface area contributed by atoms with Gasteiger partial charge in [-0.05, 0) is 68.6 Å². The minimum absolute atomic E-state index is 0.0376. The van der Waals surface area contributed by atoms with Crippen molar-refractivity contribution in [2.24, 2.45) is 0 Å². The molecule has 2 aromatic carbocycles. The number of halogens is 3. The number of nitrogens with zero attached hydrogens (tertiary/aromatic N) is 3. The predicted octanol–water partition coefficient (Wildman–Crippen LogP) is 4.67. The van der Waals surface area contributed by atoms with E-state index in [4.69, 9.17) is 19.2 Å². The average molecular weight is 547 g/mol. The van der Waals surface area contributed by atoms with Gasteiger partial charge in [-0.1, -0.05) is 17.3 Å². The number of fused-ring (bicyclic) bond motifs is 1. The first-order chi connectivity index (χ1) is 18.3. The van der Waals surface area contributed by atoms with Crippen LogP contribution in [0.4, 0.5) is 13.2 Å². The zero-order valence-electron chi connectivity index (χ0n) is 21.2. The Kier molecular flexibility index (Phi) is 8.92. The third-order valence-electron chi connectivity index (χ3n) is 5.77. The quantitative estimate of drug-likeness (QED) is 0.397. The van der Waals surface area contributed by atoms with E-state index < -0.39 is 18.1 Å². The Balaban J connectivity index is 0.000000532. The second-order valence-electron chi connectivity index (χ2n) is 8.88. The van der Waals surface area contributed by atoms with Crippen LogP contribution in [-0.4, -0.2) is 51.1 Å². The minimum Gasteiger partial charge on any atom is -0.490 e. The van der Waals surface area contributed by atoms with Crippen molar-refractivity contribution >= 4 is 11.9 Å². The van der Waals surface area contributed by atoms with Crippen molar-refractivity contribution in [2.45, 2.75) is 51.9 Å². The summed E-state index contributed by atoms with van der Waals surface area (Å²) in [7, 11) is 0. The molecule has 0 bridgehead atoms. The molecule has 1 aliphatic heterocycles. The van der Waals surface area contributed by atoms with Gasteiger partial charge in [0.2, 0.25) is 5.82 Å². The molecule has 1 atom stereocenters. The molecule has 1 aliphatic rings. The number of hydrogen-bond donors (Lipinski definition) is 3. The molecular formula is C26H25F3N4O6. The number of alkyl halides is 3. The van der Waals surface area contributed by atoms with Crippen LogP contribution in [0.2, 0.25) is 0 Å². The van der Waals surface area contributed by atoms with E-state index in [2.05, 4.69) is 21.5 Å². The van der Waals surface area contributed by atoms with Crippen LogP contribution in [0.3, 0.4) is 0 Å². The number of ether oxygens (including phenoxy) is 1. The summed E-state index contributed by atoms with van der Waals surface area (Å²) in [4.78, 5) is 24.7. The number of rotatable bonds is 6. The molecule has 39 heavy (non-hydrogen) atoms. The van der Waals surface area contributed by atoms with Crippen LogP contribution in [0, 0.1) is 18.3 Å². The van der Waals surface area contributed by atoms with Gasteiger partial charge in [0.05, 0.1) is 18.1 Å². The van der Waals surface area contributed by atoms with Crippen molar-refractivity contribution < 1.29 is 42.2 Å². The lowest BCUT2D eigenvalue weighted by Gasteiger charge is -2.28. The molecular weight excluding hydrogens is 521 g/mol. The van der Waals surface area contributed by atoms with Crippen LogP contribution in [0.1, 0.15) is 48.6 Å². The molecule has 0 fully saturated rings. The lowest BCUT2D eigenvalue weighted by Crippen LogP contribution is -2.32. The molecule has 1 unspecified atom stereocenters. The van der Waals surface area contributed by atoms with Crippen molar-refractivity contribution in [3.8, 4) is 34.7 Å². The summed E-state index contributed by atoms with van der Waals surface area (Å²) >= 11 is 0. The fraction of sp³-hybridized carbons (Fsp3) is 0.346. The molecule has 3 aromatic rings. The van der Waals surface area contributed by atoms with Gasteiger partial charge in [-0.15, -0.1) is 0 Å². The third kappa shape index (κ3) is 7.11. The van der Waals surface area contributed by atoms with Crippen LogP contribution in [-0.2, 0) is 16.0 Å². The Morgan fingerprint density at radius 3 is 2.54 bits per heavy atom. The van der Waals surface area contributed by atoms with Crippen LogP contribution < -0.4 is 10.1 Å². The number of aromatic nitrogens is 2. The minimum atomic E-state index is -5.08. The Hall–Kier alpha value is -4.44. The normalized spacial score (nSPS) is 14.6. The number of hydrogen-bond acceptors (Lipinski definition) is 8. The molecule has 0 saturated carbocycles. The average Bonchev–Trinajstić information content (AvgIpc) is 3.34. The fourth-order valence-corrected chi connectivity index (χ4v) is 4.07. The van der Waals surface area contributed by atoms with Gasteiger partial charge in [0.25, 0.3) is 5.89 Å². The maximum atomic E-state index is 11.2. The zero-order chi connectivity index (χ0) is 28.9. The second-order valence-corrected chi connectivity index (χ2v) is 8.88. The highest BCUT2D eigenvalue weighted by Crippen LogP contribution is 2.34. The fourth-order valence-electron chi connectivity index (χ4n) is 4.07. The third-order valence-corrected chi connectivity index (χ3v) is 5.77. The van der Waals surface area contributed by atoms with E-state index >= 15 is 0 Å². The summed E-state index contributed by atoms with van der Waals surface area (Å²) < 4.78 is 42.9. The number of carboxylic acids is 2. The van der Waals surface area contributed by atoms with E-state index in [-0.39, 0.29) is 18.6 Å². The van der Waals surface area contributed by atoms with Crippen molar-refractivity contribution in [2.75, 3.05) is 6.54 Å². The molecule has 2 heterocycles. The largest absolute Gasteiger partial charge is 0.490 e. The lowest BCUT2D eigenvalue weighted by molar-refractivity contribution is -0.192. The highest BCUT2D eigenvalue weighted by molar-refractivity contribution is 5.73. The Morgan fingerprint density at radius 2 is 1.95 bits per heavy atom. The highest BCUT2D eigenvalue weighted by atomic mass is 19.4. The number of carboxylic acid groups (broad SMARTS) is 2. The van der Waals surface area contributed by atoms with Crippen molar-refractivity contribution in [1.82, 2.24) is 15.5 Å². The van der Waals surface area contributed by atoms with E-state index in [1.807, 2.05) is 32.9 Å². The smallest absolute Gasteiger partial charge is 0.490 e. The molecule has 3 N–H and O–H groups in total. The molecule has 0 spiro atoms. The van der Waals surface area contributed by atoms with Crippen molar-refractivity contribution in [1.29, 1.82) is 5.26 Å².